The molecule has 0 amide bonds. The molecule has 4 atom stereocenters. The van der Waals surface area contributed by atoms with Crippen molar-refractivity contribution in [1.82, 2.24) is 0 Å². The zero-order valence-corrected chi connectivity index (χ0v) is 11.9. The van der Waals surface area contributed by atoms with Crippen molar-refractivity contribution in [3.8, 4) is 0 Å². The molecule has 0 saturated heterocycles. The predicted octanol–water partition coefficient (Wildman–Crippen LogP) is 3.73. The van der Waals surface area contributed by atoms with Gasteiger partial charge in [-0.05, 0) is 43.9 Å². The SMILES string of the molecule is COC(=O)[C@H](C)[C@@H]1CC[C@@H](C)[C@@H]2CC=C(C)C=C21. The van der Waals surface area contributed by atoms with Gasteiger partial charge in [0.05, 0.1) is 13.0 Å². The van der Waals surface area contributed by atoms with Gasteiger partial charge in [-0.3, -0.25) is 4.79 Å². The lowest BCUT2D eigenvalue weighted by molar-refractivity contribution is -0.146. The van der Waals surface area contributed by atoms with Crippen LogP contribution in [0.1, 0.15) is 40.0 Å². The molecule has 0 unspecified atom stereocenters. The predicted molar refractivity (Wildman–Crippen MR) is 73.0 cm³/mol. The fraction of sp³-hybridized carbons (Fsp3) is 0.688. The Morgan fingerprint density at radius 1 is 1.44 bits per heavy atom. The minimum Gasteiger partial charge on any atom is -0.469 e. The van der Waals surface area contributed by atoms with Gasteiger partial charge in [-0.25, -0.2) is 0 Å². The minimum atomic E-state index is -0.0681. The van der Waals surface area contributed by atoms with Crippen molar-refractivity contribution >= 4 is 5.97 Å². The number of hydrogen-bond acceptors (Lipinski definition) is 2. The molecule has 0 aromatic heterocycles. The molecule has 0 bridgehead atoms. The molecule has 2 rings (SSSR count). The van der Waals surface area contributed by atoms with E-state index in [1.54, 1.807) is 0 Å². The molecule has 0 heterocycles. The average Bonchev–Trinajstić information content (AvgIpc) is 2.37. The van der Waals surface area contributed by atoms with Gasteiger partial charge in [0.2, 0.25) is 0 Å². The van der Waals surface area contributed by atoms with Crippen molar-refractivity contribution in [1.29, 1.82) is 0 Å². The highest BCUT2D eigenvalue weighted by molar-refractivity contribution is 5.72. The molecule has 1 saturated carbocycles. The molecule has 18 heavy (non-hydrogen) atoms. The summed E-state index contributed by atoms with van der Waals surface area (Å²) in [6, 6.07) is 0. The topological polar surface area (TPSA) is 26.3 Å². The lowest BCUT2D eigenvalue weighted by atomic mass is 9.64. The highest BCUT2D eigenvalue weighted by Crippen LogP contribution is 2.45. The first-order valence-corrected chi connectivity index (χ1v) is 7.00. The van der Waals surface area contributed by atoms with Crippen LogP contribution in [-0.2, 0) is 9.53 Å². The molecule has 0 aromatic carbocycles. The van der Waals surface area contributed by atoms with Gasteiger partial charge in [0.15, 0.2) is 0 Å². The molecule has 1 fully saturated rings. The van der Waals surface area contributed by atoms with Crippen molar-refractivity contribution in [3.63, 3.8) is 0 Å². The molecule has 2 heteroatoms. The van der Waals surface area contributed by atoms with Gasteiger partial charge in [-0.15, -0.1) is 0 Å². The Kier molecular flexibility index (Phi) is 3.94. The molecule has 2 nitrogen and oxygen atoms in total. The van der Waals surface area contributed by atoms with Crippen LogP contribution in [0.2, 0.25) is 0 Å². The first-order chi connectivity index (χ1) is 8.54. The third kappa shape index (κ3) is 2.38. The van der Waals surface area contributed by atoms with E-state index < -0.39 is 0 Å². The number of rotatable bonds is 2. The van der Waals surface area contributed by atoms with Gasteiger partial charge >= 0.3 is 5.97 Å². The van der Waals surface area contributed by atoms with Crippen molar-refractivity contribution in [3.05, 3.63) is 23.3 Å². The Labute approximate surface area is 110 Å². The number of allylic oxidation sites excluding steroid dienone is 4. The van der Waals surface area contributed by atoms with E-state index in [9.17, 15) is 4.79 Å². The Balaban J connectivity index is 2.25. The van der Waals surface area contributed by atoms with Crippen molar-refractivity contribution in [2.75, 3.05) is 7.11 Å². The molecular weight excluding hydrogens is 224 g/mol. The lowest BCUT2D eigenvalue weighted by Crippen LogP contribution is -2.34. The van der Waals surface area contributed by atoms with Gasteiger partial charge in [-0.2, -0.15) is 0 Å². The Morgan fingerprint density at radius 2 is 2.17 bits per heavy atom. The zero-order chi connectivity index (χ0) is 13.3. The maximum atomic E-state index is 11.8. The quantitative estimate of drug-likeness (QED) is 0.696. The third-order valence-electron chi connectivity index (χ3n) is 4.74. The van der Waals surface area contributed by atoms with Crippen LogP contribution in [-0.4, -0.2) is 13.1 Å². The number of carbonyl (C=O) groups excluding carboxylic acids is 1. The van der Waals surface area contributed by atoms with E-state index in [0.29, 0.717) is 11.8 Å². The van der Waals surface area contributed by atoms with E-state index in [1.807, 2.05) is 6.92 Å². The molecule has 0 spiro atoms. The summed E-state index contributed by atoms with van der Waals surface area (Å²) in [4.78, 5) is 11.8. The van der Waals surface area contributed by atoms with Gasteiger partial charge in [0.25, 0.3) is 0 Å². The van der Waals surface area contributed by atoms with Gasteiger partial charge in [0.1, 0.15) is 0 Å². The van der Waals surface area contributed by atoms with Crippen LogP contribution in [0, 0.1) is 23.7 Å². The Hall–Kier alpha value is -1.05. The summed E-state index contributed by atoms with van der Waals surface area (Å²) in [5.41, 5.74) is 2.84. The maximum absolute atomic E-state index is 11.8. The van der Waals surface area contributed by atoms with Crippen LogP contribution in [0.5, 0.6) is 0 Å². The van der Waals surface area contributed by atoms with Gasteiger partial charge < -0.3 is 4.74 Å². The highest BCUT2D eigenvalue weighted by atomic mass is 16.5. The minimum absolute atomic E-state index is 0.0119. The van der Waals surface area contributed by atoms with Crippen LogP contribution in [0.4, 0.5) is 0 Å². The van der Waals surface area contributed by atoms with Crippen LogP contribution < -0.4 is 0 Å². The van der Waals surface area contributed by atoms with E-state index in [0.717, 1.165) is 18.8 Å². The first kappa shape index (κ1) is 13.4. The average molecular weight is 248 g/mol. The Bertz CT molecular complexity index is 392. The van der Waals surface area contributed by atoms with E-state index in [4.69, 9.17) is 4.74 Å². The summed E-state index contributed by atoms with van der Waals surface area (Å²) in [6.45, 7) is 6.51. The summed E-state index contributed by atoms with van der Waals surface area (Å²) in [7, 11) is 1.49. The van der Waals surface area contributed by atoms with Crippen LogP contribution in [0.15, 0.2) is 23.3 Å². The molecule has 0 aliphatic heterocycles. The van der Waals surface area contributed by atoms with Crippen LogP contribution in [0.3, 0.4) is 0 Å². The molecule has 0 N–H and O–H groups in total. The molecule has 2 aliphatic carbocycles. The maximum Gasteiger partial charge on any atom is 0.308 e. The number of esters is 1. The normalized spacial score (nSPS) is 33.0. The number of fused-ring (bicyclic) bond motifs is 1. The van der Waals surface area contributed by atoms with Crippen LogP contribution in [0.25, 0.3) is 0 Å². The fourth-order valence-electron chi connectivity index (χ4n) is 3.52. The van der Waals surface area contributed by atoms with E-state index in [-0.39, 0.29) is 11.9 Å². The monoisotopic (exact) mass is 248 g/mol. The van der Waals surface area contributed by atoms with Crippen LogP contribution >= 0.6 is 0 Å². The highest BCUT2D eigenvalue weighted by Gasteiger charge is 2.38. The van der Waals surface area contributed by atoms with Gasteiger partial charge in [0, 0.05) is 0 Å². The second kappa shape index (κ2) is 5.29. The number of carbonyl (C=O) groups is 1. The molecular formula is C16H24O2. The Morgan fingerprint density at radius 3 is 2.83 bits per heavy atom. The van der Waals surface area contributed by atoms with Crippen molar-refractivity contribution in [2.45, 2.75) is 40.0 Å². The molecule has 0 radical (unpaired) electrons. The lowest BCUT2D eigenvalue weighted by Gasteiger charge is -2.40. The molecule has 2 aliphatic rings. The summed E-state index contributed by atoms with van der Waals surface area (Å²) < 4.78 is 4.92. The number of methoxy groups -OCH3 is 1. The van der Waals surface area contributed by atoms with E-state index in [2.05, 4.69) is 26.0 Å². The van der Waals surface area contributed by atoms with Crippen molar-refractivity contribution in [2.24, 2.45) is 23.7 Å². The third-order valence-corrected chi connectivity index (χ3v) is 4.74. The summed E-state index contributed by atoms with van der Waals surface area (Å²) in [5.74, 6) is 1.67. The standard InChI is InChI=1S/C16H24O2/c1-10-5-7-13-11(2)6-8-14(15(13)9-10)12(3)16(17)18-4/h5,9,11-14H,6-8H2,1-4H3/t11-,12-,13+,14+/m1/s1. The van der Waals surface area contributed by atoms with Gasteiger partial charge in [-0.1, -0.05) is 37.1 Å². The largest absolute Gasteiger partial charge is 0.469 e. The van der Waals surface area contributed by atoms with E-state index >= 15 is 0 Å². The summed E-state index contributed by atoms with van der Waals surface area (Å²) in [6.07, 6.45) is 8.13. The summed E-state index contributed by atoms with van der Waals surface area (Å²) >= 11 is 0. The summed E-state index contributed by atoms with van der Waals surface area (Å²) in [5, 5.41) is 0. The second-order valence-electron chi connectivity index (χ2n) is 5.91. The van der Waals surface area contributed by atoms with E-state index in [1.165, 1.54) is 24.7 Å². The number of ether oxygens (including phenoxy) is 1. The zero-order valence-electron chi connectivity index (χ0n) is 11.9. The fourth-order valence-corrected chi connectivity index (χ4v) is 3.52. The number of hydrogen-bond donors (Lipinski definition) is 0. The molecule has 100 valence electrons. The molecule has 0 aromatic rings. The first-order valence-electron chi connectivity index (χ1n) is 7.00. The smallest absolute Gasteiger partial charge is 0.308 e. The second-order valence-corrected chi connectivity index (χ2v) is 5.91. The van der Waals surface area contributed by atoms with Crippen molar-refractivity contribution < 1.29 is 9.53 Å².